The minimum Gasteiger partial charge on any atom is -0.481 e. The molecule has 0 aliphatic carbocycles. The zero-order valence-corrected chi connectivity index (χ0v) is 12.3. The summed E-state index contributed by atoms with van der Waals surface area (Å²) in [5.74, 6) is -1.05. The zero-order valence-electron chi connectivity index (χ0n) is 12.3. The Balaban J connectivity index is 2.60. The van der Waals surface area contributed by atoms with Crippen molar-refractivity contribution in [3.05, 3.63) is 0 Å². The lowest BCUT2D eigenvalue weighted by molar-refractivity contribution is -0.146. The van der Waals surface area contributed by atoms with Crippen molar-refractivity contribution in [3.63, 3.8) is 0 Å². The van der Waals surface area contributed by atoms with E-state index in [1.807, 2.05) is 13.8 Å². The van der Waals surface area contributed by atoms with Gasteiger partial charge < -0.3 is 20.4 Å². The molecule has 3 N–H and O–H groups in total. The van der Waals surface area contributed by atoms with Crippen molar-refractivity contribution in [2.24, 2.45) is 11.8 Å². The molecule has 1 amide bonds. The molecule has 0 aromatic rings. The molecule has 6 nitrogen and oxygen atoms in total. The van der Waals surface area contributed by atoms with Gasteiger partial charge in [-0.1, -0.05) is 13.8 Å². The van der Waals surface area contributed by atoms with Crippen LogP contribution < -0.4 is 5.32 Å². The molecule has 6 heteroatoms. The Hall–Kier alpha value is -1.14. The fourth-order valence-corrected chi connectivity index (χ4v) is 2.49. The summed E-state index contributed by atoms with van der Waals surface area (Å²) >= 11 is 0. The summed E-state index contributed by atoms with van der Waals surface area (Å²) in [5, 5.41) is 21.2. The molecular weight excluding hydrogens is 260 g/mol. The SMILES string of the molecule is CC(C)CC(=O)N1CC(NCCCO)CC(C(=O)O)C1. The maximum absolute atomic E-state index is 12.1. The van der Waals surface area contributed by atoms with Gasteiger partial charge in [0.1, 0.15) is 0 Å². The number of carbonyl (C=O) groups excluding carboxylic acids is 1. The number of aliphatic carboxylic acids is 1. The van der Waals surface area contributed by atoms with Gasteiger partial charge in [0.25, 0.3) is 0 Å². The average molecular weight is 286 g/mol. The second kappa shape index (κ2) is 8.21. The summed E-state index contributed by atoms with van der Waals surface area (Å²) in [4.78, 5) is 25.0. The molecule has 20 heavy (non-hydrogen) atoms. The van der Waals surface area contributed by atoms with Gasteiger partial charge in [-0.25, -0.2) is 0 Å². The topological polar surface area (TPSA) is 89.9 Å². The largest absolute Gasteiger partial charge is 0.481 e. The number of carbonyl (C=O) groups is 2. The molecule has 0 aromatic carbocycles. The van der Waals surface area contributed by atoms with Crippen LogP contribution >= 0.6 is 0 Å². The Morgan fingerprint density at radius 1 is 1.35 bits per heavy atom. The van der Waals surface area contributed by atoms with Crippen molar-refractivity contribution in [1.82, 2.24) is 10.2 Å². The molecule has 1 heterocycles. The molecule has 2 unspecified atom stereocenters. The molecule has 0 spiro atoms. The number of aliphatic hydroxyl groups excluding tert-OH is 1. The van der Waals surface area contributed by atoms with Crippen LogP contribution in [0.5, 0.6) is 0 Å². The molecule has 1 aliphatic rings. The Labute approximate surface area is 120 Å². The van der Waals surface area contributed by atoms with Crippen LogP contribution in [0.1, 0.15) is 33.1 Å². The fourth-order valence-electron chi connectivity index (χ4n) is 2.49. The van der Waals surface area contributed by atoms with Crippen molar-refractivity contribution < 1.29 is 19.8 Å². The van der Waals surface area contributed by atoms with Crippen molar-refractivity contribution in [1.29, 1.82) is 0 Å². The molecule has 1 fully saturated rings. The highest BCUT2D eigenvalue weighted by Crippen LogP contribution is 2.19. The van der Waals surface area contributed by atoms with Gasteiger partial charge in [-0.05, 0) is 25.3 Å². The maximum Gasteiger partial charge on any atom is 0.308 e. The number of amides is 1. The maximum atomic E-state index is 12.1. The lowest BCUT2D eigenvalue weighted by Crippen LogP contribution is -2.53. The normalized spacial score (nSPS) is 23.1. The first-order chi connectivity index (χ1) is 9.43. The number of carboxylic acid groups (broad SMARTS) is 1. The number of nitrogens with one attached hydrogen (secondary N) is 1. The van der Waals surface area contributed by atoms with Crippen molar-refractivity contribution in [2.45, 2.75) is 39.2 Å². The highest BCUT2D eigenvalue weighted by Gasteiger charge is 2.33. The number of aliphatic hydroxyl groups is 1. The third kappa shape index (κ3) is 5.46. The number of hydrogen-bond donors (Lipinski definition) is 3. The Kier molecular flexibility index (Phi) is 6.95. The summed E-state index contributed by atoms with van der Waals surface area (Å²) in [5.41, 5.74) is 0. The van der Waals surface area contributed by atoms with Crippen LogP contribution in [0.15, 0.2) is 0 Å². The Bertz CT molecular complexity index is 333. The van der Waals surface area contributed by atoms with Crippen LogP contribution in [0.4, 0.5) is 0 Å². The van der Waals surface area contributed by atoms with E-state index in [-0.39, 0.29) is 24.5 Å². The standard InChI is InChI=1S/C14H26N2O4/c1-10(2)6-13(18)16-8-11(14(19)20)7-12(9-16)15-4-3-5-17/h10-12,15,17H,3-9H2,1-2H3,(H,19,20). The van der Waals surface area contributed by atoms with E-state index < -0.39 is 11.9 Å². The first-order valence-corrected chi connectivity index (χ1v) is 7.28. The smallest absolute Gasteiger partial charge is 0.308 e. The van der Waals surface area contributed by atoms with E-state index in [9.17, 15) is 14.7 Å². The third-order valence-corrected chi connectivity index (χ3v) is 3.50. The monoisotopic (exact) mass is 286 g/mol. The second-order valence-corrected chi connectivity index (χ2v) is 5.90. The van der Waals surface area contributed by atoms with E-state index in [2.05, 4.69) is 5.32 Å². The number of likely N-dealkylation sites (tertiary alicyclic amines) is 1. The van der Waals surface area contributed by atoms with Crippen molar-refractivity contribution >= 4 is 11.9 Å². The van der Waals surface area contributed by atoms with E-state index in [0.29, 0.717) is 38.9 Å². The van der Waals surface area contributed by atoms with Gasteiger partial charge in [0.2, 0.25) is 5.91 Å². The van der Waals surface area contributed by atoms with Gasteiger partial charge in [-0.3, -0.25) is 9.59 Å². The quantitative estimate of drug-likeness (QED) is 0.586. The zero-order chi connectivity index (χ0) is 15.1. The number of rotatable bonds is 7. The molecule has 0 saturated carbocycles. The van der Waals surface area contributed by atoms with E-state index >= 15 is 0 Å². The lowest BCUT2D eigenvalue weighted by atomic mass is 9.93. The van der Waals surface area contributed by atoms with Gasteiger partial charge in [0.15, 0.2) is 0 Å². The van der Waals surface area contributed by atoms with Gasteiger partial charge in [0, 0.05) is 32.2 Å². The first-order valence-electron chi connectivity index (χ1n) is 7.28. The molecule has 0 radical (unpaired) electrons. The number of hydrogen-bond acceptors (Lipinski definition) is 4. The minimum atomic E-state index is -0.846. The molecule has 116 valence electrons. The molecule has 2 atom stereocenters. The minimum absolute atomic E-state index is 0.00693. The molecule has 1 aliphatic heterocycles. The van der Waals surface area contributed by atoms with E-state index in [1.54, 1.807) is 4.90 Å². The number of piperidine rings is 1. The molecule has 1 saturated heterocycles. The van der Waals surface area contributed by atoms with Crippen LogP contribution in [-0.2, 0) is 9.59 Å². The summed E-state index contributed by atoms with van der Waals surface area (Å²) in [6.45, 7) is 5.57. The molecule has 0 bridgehead atoms. The summed E-state index contributed by atoms with van der Waals surface area (Å²) in [6.07, 6.45) is 1.62. The van der Waals surface area contributed by atoms with Crippen LogP contribution in [0.3, 0.4) is 0 Å². The molecular formula is C14H26N2O4. The Morgan fingerprint density at radius 2 is 2.05 bits per heavy atom. The predicted octanol–water partition coefficient (Wildman–Crippen LogP) is 0.306. The average Bonchev–Trinajstić information content (AvgIpc) is 2.38. The van der Waals surface area contributed by atoms with Crippen LogP contribution in [0, 0.1) is 11.8 Å². The van der Waals surface area contributed by atoms with Crippen LogP contribution in [0.25, 0.3) is 0 Å². The third-order valence-electron chi connectivity index (χ3n) is 3.50. The van der Waals surface area contributed by atoms with E-state index in [0.717, 1.165) is 0 Å². The number of nitrogens with zero attached hydrogens (tertiary/aromatic N) is 1. The second-order valence-electron chi connectivity index (χ2n) is 5.90. The Morgan fingerprint density at radius 3 is 2.60 bits per heavy atom. The van der Waals surface area contributed by atoms with Gasteiger partial charge in [-0.2, -0.15) is 0 Å². The van der Waals surface area contributed by atoms with Gasteiger partial charge in [0.05, 0.1) is 5.92 Å². The molecule has 0 aromatic heterocycles. The summed E-state index contributed by atoms with van der Waals surface area (Å²) in [7, 11) is 0. The highest BCUT2D eigenvalue weighted by molar-refractivity contribution is 5.78. The lowest BCUT2D eigenvalue weighted by Gasteiger charge is -2.37. The fraction of sp³-hybridized carbons (Fsp3) is 0.857. The highest BCUT2D eigenvalue weighted by atomic mass is 16.4. The predicted molar refractivity (Wildman–Crippen MR) is 75.3 cm³/mol. The first kappa shape index (κ1) is 16.9. The summed E-state index contributed by atoms with van der Waals surface area (Å²) < 4.78 is 0. The summed E-state index contributed by atoms with van der Waals surface area (Å²) in [6, 6.07) is -0.00693. The van der Waals surface area contributed by atoms with Crippen LogP contribution in [0.2, 0.25) is 0 Å². The van der Waals surface area contributed by atoms with Crippen molar-refractivity contribution in [3.8, 4) is 0 Å². The van der Waals surface area contributed by atoms with Gasteiger partial charge >= 0.3 is 5.97 Å². The van der Waals surface area contributed by atoms with Gasteiger partial charge in [-0.15, -0.1) is 0 Å². The van der Waals surface area contributed by atoms with Crippen molar-refractivity contribution in [2.75, 3.05) is 26.2 Å². The van der Waals surface area contributed by atoms with E-state index in [4.69, 9.17) is 5.11 Å². The number of carboxylic acids is 1. The van der Waals surface area contributed by atoms with Crippen LogP contribution in [-0.4, -0.2) is 59.3 Å². The van der Waals surface area contributed by atoms with E-state index in [1.165, 1.54) is 0 Å². The molecule has 1 rings (SSSR count).